The van der Waals surface area contributed by atoms with Crippen LogP contribution in [0.4, 0.5) is 0 Å². The summed E-state index contributed by atoms with van der Waals surface area (Å²) in [4.78, 5) is 13.7. The van der Waals surface area contributed by atoms with Gasteiger partial charge in [-0.05, 0) is 97.7 Å². The van der Waals surface area contributed by atoms with Crippen LogP contribution in [0.2, 0.25) is 0 Å². The molecule has 0 aromatic rings. The molecular formula is C30H48O4. The lowest BCUT2D eigenvalue weighted by molar-refractivity contribution is -0.317. The SMILES string of the molecule is CC1(C)CC[C@@]23CC[C@]4(C)[C@@](OC2=O)(C3C1)[C@@H](O)C[C@@H]1[C@@]2(C)CC[C@H](O)C(C)(C)[C@@H]2CC[C@]14C. The first-order valence-electron chi connectivity index (χ1n) is 14.2. The highest BCUT2D eigenvalue weighted by Gasteiger charge is 2.83. The number of aliphatic hydroxyl groups is 2. The van der Waals surface area contributed by atoms with Gasteiger partial charge in [-0.25, -0.2) is 0 Å². The maximum Gasteiger partial charge on any atom is 0.313 e. The van der Waals surface area contributed by atoms with E-state index in [1.54, 1.807) is 0 Å². The zero-order valence-corrected chi connectivity index (χ0v) is 22.7. The number of rotatable bonds is 0. The van der Waals surface area contributed by atoms with E-state index >= 15 is 0 Å². The highest BCUT2D eigenvalue weighted by atomic mass is 16.6. The lowest BCUT2D eigenvalue weighted by atomic mass is 9.30. The van der Waals surface area contributed by atoms with Crippen molar-refractivity contribution >= 4 is 5.97 Å². The molecule has 1 aliphatic heterocycles. The molecule has 0 amide bonds. The second kappa shape index (κ2) is 6.44. The van der Waals surface area contributed by atoms with Crippen molar-refractivity contribution in [1.82, 2.24) is 0 Å². The Morgan fingerprint density at radius 1 is 0.765 bits per heavy atom. The van der Waals surface area contributed by atoms with Gasteiger partial charge in [-0.3, -0.25) is 4.79 Å². The lowest BCUT2D eigenvalue weighted by Crippen LogP contribution is -2.76. The fourth-order valence-corrected chi connectivity index (χ4v) is 11.8. The standard InChI is InChI=1S/C30H48O4/c1-24(2)12-14-29-15-13-28(7)27(6)11-8-18-25(3,4)21(31)9-10-26(18,5)19(27)16-22(32)30(28,20(29)17-24)34-23(29)33/h18-22,31-32H,8-17H2,1-7H3/t18-,19+,20?,21-,22-,26-,27+,28-,29-,30+/m0/s1. The topological polar surface area (TPSA) is 66.8 Å². The third-order valence-electron chi connectivity index (χ3n) is 14.0. The van der Waals surface area contributed by atoms with Gasteiger partial charge in [0.15, 0.2) is 0 Å². The van der Waals surface area contributed by atoms with Gasteiger partial charge < -0.3 is 14.9 Å². The Bertz CT molecular complexity index is 925. The minimum Gasteiger partial charge on any atom is -0.455 e. The van der Waals surface area contributed by atoms with E-state index in [9.17, 15) is 15.0 Å². The summed E-state index contributed by atoms with van der Waals surface area (Å²) in [7, 11) is 0. The van der Waals surface area contributed by atoms with Crippen molar-refractivity contribution in [2.45, 2.75) is 130 Å². The first-order valence-corrected chi connectivity index (χ1v) is 14.2. The van der Waals surface area contributed by atoms with Crippen LogP contribution in [0, 0.1) is 50.2 Å². The minimum absolute atomic E-state index is 0.000329. The molecule has 6 rings (SSSR count). The van der Waals surface area contributed by atoms with Crippen LogP contribution in [-0.2, 0) is 9.53 Å². The molecule has 1 spiro atoms. The van der Waals surface area contributed by atoms with Crippen molar-refractivity contribution < 1.29 is 19.7 Å². The molecule has 34 heavy (non-hydrogen) atoms. The van der Waals surface area contributed by atoms with E-state index in [0.717, 1.165) is 64.2 Å². The quantitative estimate of drug-likeness (QED) is 0.432. The molecule has 0 radical (unpaired) electrons. The van der Waals surface area contributed by atoms with Gasteiger partial charge in [0, 0.05) is 11.3 Å². The molecule has 5 aliphatic carbocycles. The zero-order valence-electron chi connectivity index (χ0n) is 22.7. The molecule has 0 aromatic carbocycles. The van der Waals surface area contributed by atoms with Gasteiger partial charge in [0.05, 0.1) is 17.6 Å². The van der Waals surface area contributed by atoms with Gasteiger partial charge >= 0.3 is 5.97 Å². The third-order valence-corrected chi connectivity index (χ3v) is 14.0. The summed E-state index contributed by atoms with van der Waals surface area (Å²) in [6, 6.07) is 0. The summed E-state index contributed by atoms with van der Waals surface area (Å²) >= 11 is 0. The number of esters is 1. The largest absolute Gasteiger partial charge is 0.455 e. The summed E-state index contributed by atoms with van der Waals surface area (Å²) in [5.74, 6) is 0.950. The number of fused-ring (bicyclic) bond motifs is 4. The third kappa shape index (κ3) is 2.34. The monoisotopic (exact) mass is 472 g/mol. The molecule has 5 saturated carbocycles. The summed E-state index contributed by atoms with van der Waals surface area (Å²) in [5.41, 5.74) is -1.19. The van der Waals surface area contributed by atoms with E-state index in [-0.39, 0.29) is 50.5 Å². The molecular weight excluding hydrogens is 424 g/mol. The van der Waals surface area contributed by atoms with Gasteiger partial charge in [-0.15, -0.1) is 0 Å². The van der Waals surface area contributed by atoms with Crippen LogP contribution in [-0.4, -0.2) is 34.0 Å². The molecule has 4 heteroatoms. The molecule has 192 valence electrons. The summed E-state index contributed by atoms with van der Waals surface area (Å²) in [5, 5.41) is 23.1. The van der Waals surface area contributed by atoms with E-state index in [2.05, 4.69) is 48.5 Å². The van der Waals surface area contributed by atoms with Gasteiger partial charge in [0.2, 0.25) is 0 Å². The van der Waals surface area contributed by atoms with E-state index in [1.165, 1.54) is 0 Å². The Hall–Kier alpha value is -0.610. The Kier molecular flexibility index (Phi) is 4.50. The van der Waals surface area contributed by atoms with Crippen LogP contribution >= 0.6 is 0 Å². The highest BCUT2D eigenvalue weighted by Crippen LogP contribution is 2.80. The molecule has 1 unspecified atom stereocenters. The second-order valence-electron chi connectivity index (χ2n) is 15.8. The summed E-state index contributed by atoms with van der Waals surface area (Å²) in [6.07, 6.45) is 8.82. The van der Waals surface area contributed by atoms with Crippen molar-refractivity contribution in [3.8, 4) is 0 Å². The van der Waals surface area contributed by atoms with Gasteiger partial charge in [0.1, 0.15) is 5.60 Å². The fourth-order valence-electron chi connectivity index (χ4n) is 11.8. The number of hydrogen-bond donors (Lipinski definition) is 2. The summed E-state index contributed by atoms with van der Waals surface area (Å²) in [6.45, 7) is 16.6. The Morgan fingerprint density at radius 2 is 1.44 bits per heavy atom. The van der Waals surface area contributed by atoms with Gasteiger partial charge in [-0.1, -0.05) is 48.5 Å². The second-order valence-corrected chi connectivity index (χ2v) is 15.8. The van der Waals surface area contributed by atoms with Crippen LogP contribution in [0.1, 0.15) is 113 Å². The average molecular weight is 473 g/mol. The maximum atomic E-state index is 13.7. The Morgan fingerprint density at radius 3 is 2.15 bits per heavy atom. The minimum atomic E-state index is -0.752. The van der Waals surface area contributed by atoms with E-state index < -0.39 is 11.7 Å². The van der Waals surface area contributed by atoms with Crippen LogP contribution in [0.15, 0.2) is 0 Å². The predicted octanol–water partition coefficient (Wildman–Crippen LogP) is 5.88. The molecule has 2 N–H and O–H groups in total. The first kappa shape index (κ1) is 23.8. The molecule has 6 aliphatic rings. The zero-order chi connectivity index (χ0) is 24.7. The number of carbonyl (C=O) groups excluding carboxylic acids is 1. The molecule has 0 aromatic heterocycles. The normalized spacial score (nSPS) is 59.2. The maximum absolute atomic E-state index is 13.7. The first-order chi connectivity index (χ1) is 15.6. The number of hydrogen-bond acceptors (Lipinski definition) is 4. The van der Waals surface area contributed by atoms with Gasteiger partial charge in [-0.2, -0.15) is 0 Å². The van der Waals surface area contributed by atoms with Crippen LogP contribution < -0.4 is 0 Å². The van der Waals surface area contributed by atoms with E-state index in [4.69, 9.17) is 4.74 Å². The summed E-state index contributed by atoms with van der Waals surface area (Å²) < 4.78 is 6.64. The van der Waals surface area contributed by atoms with Crippen LogP contribution in [0.25, 0.3) is 0 Å². The Balaban J connectivity index is 1.49. The average Bonchev–Trinajstić information content (AvgIpc) is 2.93. The molecule has 2 bridgehead atoms. The Labute approximate surface area is 206 Å². The molecule has 6 fully saturated rings. The van der Waals surface area contributed by atoms with E-state index in [1.807, 2.05) is 0 Å². The molecule has 10 atom stereocenters. The van der Waals surface area contributed by atoms with Gasteiger partial charge in [0.25, 0.3) is 0 Å². The lowest BCUT2D eigenvalue weighted by Gasteiger charge is -2.74. The van der Waals surface area contributed by atoms with Crippen molar-refractivity contribution in [3.05, 3.63) is 0 Å². The van der Waals surface area contributed by atoms with Crippen LogP contribution in [0.5, 0.6) is 0 Å². The molecule has 4 nitrogen and oxygen atoms in total. The number of aliphatic hydroxyl groups excluding tert-OH is 2. The number of ether oxygens (including phenoxy) is 1. The van der Waals surface area contributed by atoms with Crippen molar-refractivity contribution in [3.63, 3.8) is 0 Å². The highest BCUT2D eigenvalue weighted by molar-refractivity contribution is 5.82. The predicted molar refractivity (Wildman–Crippen MR) is 132 cm³/mol. The van der Waals surface area contributed by atoms with E-state index in [0.29, 0.717) is 11.8 Å². The molecule has 1 heterocycles. The van der Waals surface area contributed by atoms with Crippen molar-refractivity contribution in [2.75, 3.05) is 0 Å². The number of carbonyl (C=O) groups is 1. The van der Waals surface area contributed by atoms with Crippen LogP contribution in [0.3, 0.4) is 0 Å². The smallest absolute Gasteiger partial charge is 0.313 e. The van der Waals surface area contributed by atoms with Crippen molar-refractivity contribution in [1.29, 1.82) is 0 Å². The van der Waals surface area contributed by atoms with Crippen molar-refractivity contribution in [2.24, 2.45) is 50.2 Å². The fraction of sp³-hybridized carbons (Fsp3) is 0.967. The molecule has 1 saturated heterocycles.